The van der Waals surface area contributed by atoms with Gasteiger partial charge in [-0.3, -0.25) is 4.79 Å². The molecule has 0 saturated heterocycles. The summed E-state index contributed by atoms with van der Waals surface area (Å²) in [5.74, 6) is 0.106. The first-order chi connectivity index (χ1) is 9.27. The van der Waals surface area contributed by atoms with Crippen LogP contribution < -0.4 is 10.2 Å². The van der Waals surface area contributed by atoms with Crippen LogP contribution in [-0.4, -0.2) is 19.0 Å². The Morgan fingerprint density at radius 3 is 2.95 bits per heavy atom. The molecule has 0 bridgehead atoms. The van der Waals surface area contributed by atoms with Gasteiger partial charge in [0.1, 0.15) is 0 Å². The molecule has 1 aliphatic heterocycles. The van der Waals surface area contributed by atoms with E-state index in [1.165, 1.54) is 0 Å². The van der Waals surface area contributed by atoms with Crippen molar-refractivity contribution in [2.24, 2.45) is 0 Å². The molecule has 0 saturated carbocycles. The first-order valence-corrected chi connectivity index (χ1v) is 7.39. The van der Waals surface area contributed by atoms with Crippen LogP contribution in [0, 0.1) is 6.92 Å². The number of benzene rings is 1. The molecule has 19 heavy (non-hydrogen) atoms. The number of rotatable bonds is 1. The van der Waals surface area contributed by atoms with Gasteiger partial charge in [-0.25, -0.2) is 0 Å². The predicted octanol–water partition coefficient (Wildman–Crippen LogP) is 3.52. The number of carbonyl (C=O) groups excluding carboxylic acids is 1. The molecule has 1 amide bonds. The average Bonchev–Trinajstić information content (AvgIpc) is 2.74. The van der Waals surface area contributed by atoms with Crippen LogP contribution in [0.3, 0.4) is 0 Å². The Labute approximate surface area is 116 Å². The minimum Gasteiger partial charge on any atom is -0.383 e. The van der Waals surface area contributed by atoms with Gasteiger partial charge in [0.2, 0.25) is 0 Å². The summed E-state index contributed by atoms with van der Waals surface area (Å²) in [7, 11) is 0. The summed E-state index contributed by atoms with van der Waals surface area (Å²) in [5.41, 5.74) is 3.91. The van der Waals surface area contributed by atoms with Gasteiger partial charge in [0, 0.05) is 18.5 Å². The lowest BCUT2D eigenvalue weighted by molar-refractivity contribution is 0.0987. The van der Waals surface area contributed by atoms with E-state index < -0.39 is 0 Å². The van der Waals surface area contributed by atoms with Crippen molar-refractivity contribution in [3.05, 3.63) is 46.2 Å². The van der Waals surface area contributed by atoms with Gasteiger partial charge in [0.25, 0.3) is 5.91 Å². The SMILES string of the molecule is Cc1cscc1C(=O)N1CCCNc2ccccc21. The fourth-order valence-corrected chi connectivity index (χ4v) is 3.20. The van der Waals surface area contributed by atoms with Crippen molar-refractivity contribution in [1.29, 1.82) is 0 Å². The zero-order valence-corrected chi connectivity index (χ0v) is 11.7. The number of anilines is 2. The third kappa shape index (κ3) is 2.24. The molecular weight excluding hydrogens is 256 g/mol. The summed E-state index contributed by atoms with van der Waals surface area (Å²) in [6, 6.07) is 8.01. The molecule has 0 aliphatic carbocycles. The molecule has 1 aliphatic rings. The van der Waals surface area contributed by atoms with Crippen molar-refractivity contribution in [3.8, 4) is 0 Å². The van der Waals surface area contributed by atoms with Gasteiger partial charge >= 0.3 is 0 Å². The number of nitrogens with one attached hydrogen (secondary N) is 1. The number of carbonyl (C=O) groups is 1. The Hall–Kier alpha value is -1.81. The lowest BCUT2D eigenvalue weighted by Crippen LogP contribution is -2.31. The maximum absolute atomic E-state index is 12.7. The van der Waals surface area contributed by atoms with E-state index in [4.69, 9.17) is 0 Å². The largest absolute Gasteiger partial charge is 0.383 e. The van der Waals surface area contributed by atoms with Crippen LogP contribution in [0.15, 0.2) is 35.0 Å². The van der Waals surface area contributed by atoms with E-state index in [1.54, 1.807) is 11.3 Å². The molecule has 98 valence electrons. The van der Waals surface area contributed by atoms with Gasteiger partial charge in [-0.15, -0.1) is 0 Å². The number of aryl methyl sites for hydroxylation is 1. The van der Waals surface area contributed by atoms with E-state index in [1.807, 2.05) is 46.8 Å². The van der Waals surface area contributed by atoms with Crippen LogP contribution in [0.2, 0.25) is 0 Å². The van der Waals surface area contributed by atoms with Gasteiger partial charge in [0.05, 0.1) is 16.9 Å². The average molecular weight is 272 g/mol. The zero-order chi connectivity index (χ0) is 13.2. The highest BCUT2D eigenvalue weighted by molar-refractivity contribution is 7.08. The number of thiophene rings is 1. The summed E-state index contributed by atoms with van der Waals surface area (Å²) in [6.07, 6.45) is 0.962. The molecule has 1 N–H and O–H groups in total. The van der Waals surface area contributed by atoms with E-state index in [0.717, 1.165) is 42.0 Å². The maximum atomic E-state index is 12.7. The molecule has 3 rings (SSSR count). The first-order valence-electron chi connectivity index (χ1n) is 6.45. The number of para-hydroxylation sites is 2. The summed E-state index contributed by atoms with van der Waals surface area (Å²) >= 11 is 1.58. The number of hydrogen-bond donors (Lipinski definition) is 1. The molecule has 3 nitrogen and oxygen atoms in total. The topological polar surface area (TPSA) is 32.3 Å². The monoisotopic (exact) mass is 272 g/mol. The molecule has 0 radical (unpaired) electrons. The van der Waals surface area contributed by atoms with Crippen molar-refractivity contribution in [3.63, 3.8) is 0 Å². The van der Waals surface area contributed by atoms with Crippen LogP contribution in [0.4, 0.5) is 11.4 Å². The van der Waals surface area contributed by atoms with E-state index >= 15 is 0 Å². The molecule has 0 unspecified atom stereocenters. The lowest BCUT2D eigenvalue weighted by atomic mass is 10.1. The quantitative estimate of drug-likeness (QED) is 0.861. The Morgan fingerprint density at radius 1 is 1.32 bits per heavy atom. The van der Waals surface area contributed by atoms with E-state index in [2.05, 4.69) is 5.32 Å². The Kier molecular flexibility index (Phi) is 3.25. The predicted molar refractivity (Wildman–Crippen MR) is 80.3 cm³/mol. The Bertz CT molecular complexity index is 606. The molecule has 2 heterocycles. The summed E-state index contributed by atoms with van der Waals surface area (Å²) in [4.78, 5) is 14.6. The standard InChI is InChI=1S/C15H16N2OS/c1-11-9-19-10-12(11)15(18)17-8-4-7-16-13-5-2-3-6-14(13)17/h2-3,5-6,9-10,16H,4,7-8H2,1H3. The third-order valence-electron chi connectivity index (χ3n) is 3.40. The fourth-order valence-electron chi connectivity index (χ4n) is 2.38. The summed E-state index contributed by atoms with van der Waals surface area (Å²) in [6.45, 7) is 3.66. The van der Waals surface area contributed by atoms with Gasteiger partial charge < -0.3 is 10.2 Å². The molecule has 0 fully saturated rings. The summed E-state index contributed by atoms with van der Waals surface area (Å²) in [5, 5.41) is 7.34. The van der Waals surface area contributed by atoms with Crippen molar-refractivity contribution in [2.75, 3.05) is 23.3 Å². The minimum atomic E-state index is 0.106. The van der Waals surface area contributed by atoms with Crippen molar-refractivity contribution < 1.29 is 4.79 Å². The van der Waals surface area contributed by atoms with Crippen LogP contribution in [0.5, 0.6) is 0 Å². The van der Waals surface area contributed by atoms with E-state index in [-0.39, 0.29) is 5.91 Å². The highest BCUT2D eigenvalue weighted by atomic mass is 32.1. The van der Waals surface area contributed by atoms with Gasteiger partial charge in [0.15, 0.2) is 0 Å². The number of amides is 1. The van der Waals surface area contributed by atoms with Gasteiger partial charge in [-0.05, 0) is 36.4 Å². The number of fused-ring (bicyclic) bond motifs is 1. The molecule has 1 aromatic heterocycles. The first kappa shape index (κ1) is 12.2. The van der Waals surface area contributed by atoms with Crippen LogP contribution in [0.1, 0.15) is 22.3 Å². The maximum Gasteiger partial charge on any atom is 0.259 e. The van der Waals surface area contributed by atoms with Crippen molar-refractivity contribution >= 4 is 28.6 Å². The molecule has 4 heteroatoms. The smallest absolute Gasteiger partial charge is 0.259 e. The van der Waals surface area contributed by atoms with E-state index in [9.17, 15) is 4.79 Å². The zero-order valence-electron chi connectivity index (χ0n) is 10.8. The highest BCUT2D eigenvalue weighted by Gasteiger charge is 2.23. The van der Waals surface area contributed by atoms with Crippen LogP contribution in [0.25, 0.3) is 0 Å². The molecule has 2 aromatic rings. The Balaban J connectivity index is 2.01. The normalized spacial score (nSPS) is 14.5. The van der Waals surface area contributed by atoms with Gasteiger partial charge in [-0.2, -0.15) is 11.3 Å². The summed E-state index contributed by atoms with van der Waals surface area (Å²) < 4.78 is 0. The minimum absolute atomic E-state index is 0.106. The van der Waals surface area contributed by atoms with E-state index in [0.29, 0.717) is 0 Å². The van der Waals surface area contributed by atoms with Crippen LogP contribution in [-0.2, 0) is 0 Å². The van der Waals surface area contributed by atoms with Crippen LogP contribution >= 0.6 is 11.3 Å². The second kappa shape index (κ2) is 5.05. The second-order valence-corrected chi connectivity index (χ2v) is 5.47. The lowest BCUT2D eigenvalue weighted by Gasteiger charge is -2.22. The number of nitrogens with zero attached hydrogens (tertiary/aromatic N) is 1. The molecule has 0 spiro atoms. The molecule has 1 aromatic carbocycles. The van der Waals surface area contributed by atoms with Crippen molar-refractivity contribution in [1.82, 2.24) is 0 Å². The Morgan fingerprint density at radius 2 is 2.16 bits per heavy atom. The third-order valence-corrected chi connectivity index (χ3v) is 4.26. The molecule has 0 atom stereocenters. The van der Waals surface area contributed by atoms with Crippen molar-refractivity contribution in [2.45, 2.75) is 13.3 Å². The molecular formula is C15H16N2OS. The van der Waals surface area contributed by atoms with Gasteiger partial charge in [-0.1, -0.05) is 12.1 Å². The second-order valence-electron chi connectivity index (χ2n) is 4.72. The fraction of sp³-hybridized carbons (Fsp3) is 0.267. The number of hydrogen-bond acceptors (Lipinski definition) is 3. The highest BCUT2D eigenvalue weighted by Crippen LogP contribution is 2.30.